The number of aromatic nitrogens is 1. The van der Waals surface area contributed by atoms with Gasteiger partial charge in [-0.3, -0.25) is 9.78 Å². The van der Waals surface area contributed by atoms with Crippen LogP contribution in [0.2, 0.25) is 5.02 Å². The Labute approximate surface area is 159 Å². The van der Waals surface area contributed by atoms with Crippen LogP contribution < -0.4 is 10.6 Å². The number of halogens is 1. The molecule has 1 aromatic heterocycles. The van der Waals surface area contributed by atoms with Crippen molar-refractivity contribution in [3.8, 4) is 11.1 Å². The first-order valence-electron chi connectivity index (χ1n) is 7.59. The van der Waals surface area contributed by atoms with Crippen LogP contribution in [0.25, 0.3) is 11.1 Å². The average Bonchev–Trinajstić information content (AvgIpc) is 2.61. The van der Waals surface area contributed by atoms with Crippen molar-refractivity contribution in [1.29, 1.82) is 0 Å². The number of nitrogens with zero attached hydrogens (tertiary/aromatic N) is 1. The van der Waals surface area contributed by atoms with Gasteiger partial charge < -0.3 is 5.32 Å². The van der Waals surface area contributed by atoms with E-state index in [4.69, 9.17) is 11.6 Å². The minimum atomic E-state index is -0.192. The summed E-state index contributed by atoms with van der Waals surface area (Å²) in [6.07, 6.45) is 3.30. The summed E-state index contributed by atoms with van der Waals surface area (Å²) >= 11 is 10.4. The van der Waals surface area contributed by atoms with Gasteiger partial charge in [-0.15, -0.1) is 21.9 Å². The van der Waals surface area contributed by atoms with Crippen molar-refractivity contribution in [3.63, 3.8) is 0 Å². The van der Waals surface area contributed by atoms with Crippen molar-refractivity contribution >= 4 is 44.7 Å². The van der Waals surface area contributed by atoms with Crippen LogP contribution in [0.15, 0.2) is 65.8 Å². The molecule has 0 saturated heterocycles. The molecule has 0 radical (unpaired) electrons. The van der Waals surface area contributed by atoms with E-state index in [0.29, 0.717) is 17.1 Å². The highest BCUT2D eigenvalue weighted by Gasteiger charge is 2.09. The number of rotatable bonds is 4. The second-order valence-corrected chi connectivity index (χ2v) is 7.13. The lowest BCUT2D eigenvalue weighted by molar-refractivity contribution is 0.0950. The zero-order valence-corrected chi connectivity index (χ0v) is 16.0. The first kappa shape index (κ1) is 17.9. The number of nitrogens with one attached hydrogen (secondary N) is 1. The summed E-state index contributed by atoms with van der Waals surface area (Å²) < 4.78 is 0. The molecule has 0 aliphatic rings. The van der Waals surface area contributed by atoms with Gasteiger partial charge in [-0.2, -0.15) is 0 Å². The second kappa shape index (κ2) is 8.01. The summed E-state index contributed by atoms with van der Waals surface area (Å²) in [5.41, 5.74) is 3.26. The number of pyridine rings is 1. The molecule has 126 valence electrons. The fraction of sp³-hybridized carbons (Fsp3) is 0.0526. The Bertz CT molecular complexity index is 916. The Kier molecular flexibility index (Phi) is 5.74. The Morgan fingerprint density at radius 1 is 1.08 bits per heavy atom. The third-order valence-electron chi connectivity index (χ3n) is 3.72. The normalized spacial score (nSPS) is 10.5. The molecule has 2 aromatic carbocycles. The van der Waals surface area contributed by atoms with Gasteiger partial charge in [-0.05, 0) is 34.6 Å². The van der Waals surface area contributed by atoms with E-state index >= 15 is 0 Å². The van der Waals surface area contributed by atoms with Crippen LogP contribution in [0, 0.1) is 0 Å². The molecule has 0 bridgehead atoms. The molecule has 3 nitrogen and oxygen atoms in total. The summed E-state index contributed by atoms with van der Waals surface area (Å²) in [6, 6.07) is 15.3. The number of carbonyl (C=O) groups is 1. The van der Waals surface area contributed by atoms with Gasteiger partial charge in [0.15, 0.2) is 0 Å². The van der Waals surface area contributed by atoms with Gasteiger partial charge in [-0.25, -0.2) is 0 Å². The Hall–Kier alpha value is -1.87. The third kappa shape index (κ3) is 4.60. The topological polar surface area (TPSA) is 42.0 Å². The van der Waals surface area contributed by atoms with Crippen LogP contribution in [0.5, 0.6) is 0 Å². The van der Waals surface area contributed by atoms with Crippen molar-refractivity contribution in [3.05, 3.63) is 77.1 Å². The zero-order chi connectivity index (χ0) is 17.8. The van der Waals surface area contributed by atoms with Crippen LogP contribution >= 0.6 is 33.5 Å². The molecule has 1 atom stereocenters. The van der Waals surface area contributed by atoms with E-state index < -0.39 is 0 Å². The summed E-state index contributed by atoms with van der Waals surface area (Å²) in [5, 5.41) is 4.56. The molecule has 0 saturated carbocycles. The number of hydrogen-bond donors (Lipinski definition) is 2. The van der Waals surface area contributed by atoms with Crippen molar-refractivity contribution in [2.45, 2.75) is 11.4 Å². The lowest BCUT2D eigenvalue weighted by atomic mass is 10.1. The van der Waals surface area contributed by atoms with Crippen molar-refractivity contribution in [2.75, 3.05) is 0 Å². The molecule has 1 N–H and O–H groups in total. The molecule has 0 aliphatic carbocycles. The molecule has 3 rings (SSSR count). The van der Waals surface area contributed by atoms with Crippen molar-refractivity contribution in [1.82, 2.24) is 10.3 Å². The van der Waals surface area contributed by atoms with Crippen LogP contribution in [0.4, 0.5) is 0 Å². The molecule has 1 unspecified atom stereocenters. The van der Waals surface area contributed by atoms with E-state index in [9.17, 15) is 4.79 Å². The Balaban J connectivity index is 1.74. The second-order valence-electron chi connectivity index (χ2n) is 5.54. The summed E-state index contributed by atoms with van der Waals surface area (Å²) in [5.74, 6) is -0.192. The van der Waals surface area contributed by atoms with Gasteiger partial charge in [0.2, 0.25) is 0 Å². The predicted molar refractivity (Wildman–Crippen MR) is 109 cm³/mol. The van der Waals surface area contributed by atoms with Crippen LogP contribution in [-0.2, 0) is 6.54 Å². The molecular formula is C19H16ClN2OPS. The monoisotopic (exact) mass is 386 g/mol. The van der Waals surface area contributed by atoms with Gasteiger partial charge in [0.25, 0.3) is 5.91 Å². The predicted octanol–water partition coefficient (Wildman–Crippen LogP) is 4.12. The quantitative estimate of drug-likeness (QED) is 0.523. The average molecular weight is 387 g/mol. The molecule has 1 amide bonds. The van der Waals surface area contributed by atoms with Gasteiger partial charge >= 0.3 is 0 Å². The third-order valence-corrected chi connectivity index (χ3v) is 4.74. The molecule has 0 fully saturated rings. The summed E-state index contributed by atoms with van der Waals surface area (Å²) in [7, 11) is 2.65. The smallest absolute Gasteiger partial charge is 0.253 e. The number of benzene rings is 2. The Morgan fingerprint density at radius 2 is 1.84 bits per heavy atom. The standard InChI is InChI=1S/C19H16ClN2OPS/c20-18-8-17(25)6-3-13(18)11-22-19(23)15-7-14(9-21-10-15)12-1-4-16(24)5-2-12/h1-10,25H,11,24H2,(H,22,23). The minimum absolute atomic E-state index is 0.192. The lowest BCUT2D eigenvalue weighted by Gasteiger charge is -2.09. The molecule has 25 heavy (non-hydrogen) atoms. The van der Waals surface area contributed by atoms with Crippen LogP contribution in [0.3, 0.4) is 0 Å². The van der Waals surface area contributed by atoms with Crippen LogP contribution in [0.1, 0.15) is 15.9 Å². The molecule has 0 aliphatic heterocycles. The van der Waals surface area contributed by atoms with Crippen molar-refractivity contribution in [2.24, 2.45) is 0 Å². The fourth-order valence-electron chi connectivity index (χ4n) is 2.35. The van der Waals surface area contributed by atoms with Crippen LogP contribution in [-0.4, -0.2) is 10.9 Å². The highest BCUT2D eigenvalue weighted by Crippen LogP contribution is 2.21. The van der Waals surface area contributed by atoms with Gasteiger partial charge in [0, 0.05) is 34.4 Å². The zero-order valence-electron chi connectivity index (χ0n) is 13.2. The maximum absolute atomic E-state index is 12.4. The lowest BCUT2D eigenvalue weighted by Crippen LogP contribution is -2.23. The SMILES string of the molecule is O=C(NCc1ccc(S)cc1Cl)c1cncc(-c2ccc(P)cc2)c1. The van der Waals surface area contributed by atoms with E-state index in [1.807, 2.05) is 42.5 Å². The number of thiol groups is 1. The van der Waals surface area contributed by atoms with E-state index in [1.54, 1.807) is 18.5 Å². The maximum atomic E-state index is 12.4. The fourth-order valence-corrected chi connectivity index (χ4v) is 3.07. The first-order valence-corrected chi connectivity index (χ1v) is 9.00. The Morgan fingerprint density at radius 3 is 2.56 bits per heavy atom. The highest BCUT2D eigenvalue weighted by atomic mass is 35.5. The van der Waals surface area contributed by atoms with Gasteiger partial charge in [0.05, 0.1) is 5.56 Å². The largest absolute Gasteiger partial charge is 0.348 e. The van der Waals surface area contributed by atoms with E-state index in [0.717, 1.165) is 26.9 Å². The molecule has 3 aromatic rings. The molecule has 0 spiro atoms. The highest BCUT2D eigenvalue weighted by molar-refractivity contribution is 7.80. The molecule has 1 heterocycles. The molecule has 6 heteroatoms. The van der Waals surface area contributed by atoms with Gasteiger partial charge in [-0.1, -0.05) is 41.9 Å². The van der Waals surface area contributed by atoms with E-state index in [2.05, 4.69) is 32.2 Å². The van der Waals surface area contributed by atoms with Gasteiger partial charge in [0.1, 0.15) is 0 Å². The first-order chi connectivity index (χ1) is 12.0. The van der Waals surface area contributed by atoms with E-state index in [-0.39, 0.29) is 5.91 Å². The number of hydrogen-bond acceptors (Lipinski definition) is 3. The van der Waals surface area contributed by atoms with E-state index in [1.165, 1.54) is 0 Å². The summed E-state index contributed by atoms with van der Waals surface area (Å²) in [4.78, 5) is 17.4. The maximum Gasteiger partial charge on any atom is 0.253 e. The number of amides is 1. The number of carbonyl (C=O) groups excluding carboxylic acids is 1. The summed E-state index contributed by atoms with van der Waals surface area (Å²) in [6.45, 7) is 0.345. The minimum Gasteiger partial charge on any atom is -0.348 e. The molecular weight excluding hydrogens is 371 g/mol. The van der Waals surface area contributed by atoms with Crippen molar-refractivity contribution < 1.29 is 4.79 Å².